The van der Waals surface area contributed by atoms with Crippen LogP contribution in [0, 0.1) is 6.92 Å². The zero-order valence-corrected chi connectivity index (χ0v) is 8.61. The molecule has 0 saturated carbocycles. The van der Waals surface area contributed by atoms with Gasteiger partial charge in [-0.25, -0.2) is 0 Å². The van der Waals surface area contributed by atoms with Crippen LogP contribution in [0.2, 0.25) is 0 Å². The molecule has 0 fully saturated rings. The lowest BCUT2D eigenvalue weighted by molar-refractivity contribution is -0.136. The molecule has 0 bridgehead atoms. The van der Waals surface area contributed by atoms with Crippen molar-refractivity contribution in [2.45, 2.75) is 13.3 Å². The lowest BCUT2D eigenvalue weighted by Gasteiger charge is -2.08. The van der Waals surface area contributed by atoms with Gasteiger partial charge >= 0.3 is 5.97 Å². The molecule has 0 heterocycles. The smallest absolute Gasteiger partial charge is 0.307 e. The number of methoxy groups -OCH3 is 1. The third-order valence-corrected chi connectivity index (χ3v) is 2.13. The highest BCUT2D eigenvalue weighted by Crippen LogP contribution is 2.22. The summed E-state index contributed by atoms with van der Waals surface area (Å²) in [6.45, 7) is 1.80. The lowest BCUT2D eigenvalue weighted by atomic mass is 10.0. The van der Waals surface area contributed by atoms with Crippen LogP contribution in [-0.2, 0) is 11.2 Å². The van der Waals surface area contributed by atoms with Crippen molar-refractivity contribution in [2.24, 2.45) is 0 Å². The summed E-state index contributed by atoms with van der Waals surface area (Å²) in [6.07, 6.45) is 0.482. The third kappa shape index (κ3) is 2.56. The average molecular weight is 208 g/mol. The summed E-state index contributed by atoms with van der Waals surface area (Å²) in [7, 11) is 1.51. The van der Waals surface area contributed by atoms with E-state index in [1.54, 1.807) is 19.1 Å². The summed E-state index contributed by atoms with van der Waals surface area (Å²) < 4.78 is 5.06. The fraction of sp³-hybridized carbons (Fsp3) is 0.273. The molecule has 15 heavy (non-hydrogen) atoms. The van der Waals surface area contributed by atoms with Crippen LogP contribution >= 0.6 is 0 Å². The molecular weight excluding hydrogens is 196 g/mol. The SMILES string of the molecule is COc1cc(CC(=O)O)c(C=O)cc1C. The highest BCUT2D eigenvalue weighted by atomic mass is 16.5. The van der Waals surface area contributed by atoms with Crippen molar-refractivity contribution in [3.63, 3.8) is 0 Å². The number of rotatable bonds is 4. The molecule has 4 heteroatoms. The Kier molecular flexibility index (Phi) is 3.44. The summed E-state index contributed by atoms with van der Waals surface area (Å²) in [5, 5.41) is 8.66. The monoisotopic (exact) mass is 208 g/mol. The number of carbonyl (C=O) groups excluding carboxylic acids is 1. The van der Waals surface area contributed by atoms with E-state index in [0.29, 0.717) is 23.2 Å². The maximum absolute atomic E-state index is 10.7. The molecule has 4 nitrogen and oxygen atoms in total. The van der Waals surface area contributed by atoms with Crippen LogP contribution in [0.1, 0.15) is 21.5 Å². The maximum Gasteiger partial charge on any atom is 0.307 e. The van der Waals surface area contributed by atoms with E-state index in [9.17, 15) is 9.59 Å². The van der Waals surface area contributed by atoms with E-state index in [1.165, 1.54) is 7.11 Å². The number of aldehydes is 1. The van der Waals surface area contributed by atoms with Gasteiger partial charge in [-0.1, -0.05) is 0 Å². The van der Waals surface area contributed by atoms with Crippen molar-refractivity contribution in [3.8, 4) is 5.75 Å². The first-order valence-electron chi connectivity index (χ1n) is 4.43. The number of carboxylic acids is 1. The predicted molar refractivity (Wildman–Crippen MR) is 54.5 cm³/mol. The van der Waals surface area contributed by atoms with E-state index in [4.69, 9.17) is 9.84 Å². The Hall–Kier alpha value is -1.84. The van der Waals surface area contributed by atoms with Crippen LogP contribution in [0.5, 0.6) is 5.75 Å². The summed E-state index contributed by atoms with van der Waals surface area (Å²) >= 11 is 0. The average Bonchev–Trinajstić information content (AvgIpc) is 2.19. The van der Waals surface area contributed by atoms with Crippen molar-refractivity contribution in [3.05, 3.63) is 28.8 Å². The Morgan fingerprint density at radius 3 is 2.67 bits per heavy atom. The Balaban J connectivity index is 3.21. The van der Waals surface area contributed by atoms with E-state index in [-0.39, 0.29) is 6.42 Å². The van der Waals surface area contributed by atoms with E-state index in [2.05, 4.69) is 0 Å². The molecule has 0 aliphatic rings. The Morgan fingerprint density at radius 2 is 2.20 bits per heavy atom. The van der Waals surface area contributed by atoms with Gasteiger partial charge in [0.2, 0.25) is 0 Å². The first-order valence-corrected chi connectivity index (χ1v) is 4.43. The molecule has 80 valence electrons. The van der Waals surface area contributed by atoms with Crippen LogP contribution in [0.3, 0.4) is 0 Å². The Labute approximate surface area is 87.5 Å². The first kappa shape index (κ1) is 11.2. The van der Waals surface area contributed by atoms with Crippen molar-refractivity contribution in [2.75, 3.05) is 7.11 Å². The maximum atomic E-state index is 10.7. The molecule has 1 N–H and O–H groups in total. The summed E-state index contributed by atoms with van der Waals surface area (Å²) in [6, 6.07) is 3.22. The second kappa shape index (κ2) is 4.59. The zero-order valence-electron chi connectivity index (χ0n) is 8.61. The van der Waals surface area contributed by atoms with Crippen molar-refractivity contribution >= 4 is 12.3 Å². The molecular formula is C11H12O4. The van der Waals surface area contributed by atoms with Crippen LogP contribution in [-0.4, -0.2) is 24.5 Å². The molecule has 0 amide bonds. The molecule has 0 saturated heterocycles. The highest BCUT2D eigenvalue weighted by molar-refractivity contribution is 5.82. The minimum absolute atomic E-state index is 0.176. The van der Waals surface area contributed by atoms with Gasteiger partial charge < -0.3 is 9.84 Å². The van der Waals surface area contributed by atoms with Crippen molar-refractivity contribution < 1.29 is 19.4 Å². The van der Waals surface area contributed by atoms with Gasteiger partial charge in [-0.2, -0.15) is 0 Å². The number of carbonyl (C=O) groups is 2. The molecule has 1 aromatic carbocycles. The number of aryl methyl sites for hydroxylation is 1. The standard InChI is InChI=1S/C11H12O4/c1-7-3-9(6-12)8(5-11(13)14)4-10(7)15-2/h3-4,6H,5H2,1-2H3,(H,13,14). The van der Waals surface area contributed by atoms with Crippen LogP contribution < -0.4 is 4.74 Å². The topological polar surface area (TPSA) is 63.6 Å². The lowest BCUT2D eigenvalue weighted by Crippen LogP contribution is -2.04. The number of benzene rings is 1. The zero-order chi connectivity index (χ0) is 11.4. The van der Waals surface area contributed by atoms with Crippen LogP contribution in [0.15, 0.2) is 12.1 Å². The molecule has 0 aliphatic carbocycles. The molecule has 1 rings (SSSR count). The first-order chi connectivity index (χ1) is 7.08. The summed E-state index contributed by atoms with van der Waals surface area (Å²) in [4.78, 5) is 21.3. The molecule has 0 aliphatic heterocycles. The molecule has 0 unspecified atom stereocenters. The van der Waals surface area contributed by atoms with E-state index in [0.717, 1.165) is 5.56 Å². The van der Waals surface area contributed by atoms with Gasteiger partial charge in [-0.15, -0.1) is 0 Å². The molecule has 0 radical (unpaired) electrons. The second-order valence-electron chi connectivity index (χ2n) is 3.21. The van der Waals surface area contributed by atoms with Gasteiger partial charge in [0.1, 0.15) is 12.0 Å². The van der Waals surface area contributed by atoms with Gasteiger partial charge in [0.25, 0.3) is 0 Å². The minimum Gasteiger partial charge on any atom is -0.496 e. The quantitative estimate of drug-likeness (QED) is 0.760. The van der Waals surface area contributed by atoms with E-state index < -0.39 is 5.97 Å². The third-order valence-electron chi connectivity index (χ3n) is 2.13. The van der Waals surface area contributed by atoms with E-state index in [1.807, 2.05) is 0 Å². The molecule has 0 spiro atoms. The normalized spacial score (nSPS) is 9.73. The Morgan fingerprint density at radius 1 is 1.53 bits per heavy atom. The fourth-order valence-electron chi connectivity index (χ4n) is 1.40. The fourth-order valence-corrected chi connectivity index (χ4v) is 1.40. The van der Waals surface area contributed by atoms with Gasteiger partial charge in [0.05, 0.1) is 13.5 Å². The number of carboxylic acid groups (broad SMARTS) is 1. The largest absolute Gasteiger partial charge is 0.496 e. The molecule has 1 aromatic rings. The van der Waals surface area contributed by atoms with Gasteiger partial charge in [-0.3, -0.25) is 9.59 Å². The van der Waals surface area contributed by atoms with Crippen molar-refractivity contribution in [1.82, 2.24) is 0 Å². The van der Waals surface area contributed by atoms with E-state index >= 15 is 0 Å². The van der Waals surface area contributed by atoms with Gasteiger partial charge in [0, 0.05) is 5.56 Å². The molecule has 0 aromatic heterocycles. The second-order valence-corrected chi connectivity index (χ2v) is 3.21. The highest BCUT2D eigenvalue weighted by Gasteiger charge is 2.10. The number of hydrogen-bond donors (Lipinski definition) is 1. The van der Waals surface area contributed by atoms with Crippen LogP contribution in [0.4, 0.5) is 0 Å². The number of hydrogen-bond acceptors (Lipinski definition) is 3. The number of ether oxygens (including phenoxy) is 1. The van der Waals surface area contributed by atoms with Gasteiger partial charge in [-0.05, 0) is 30.2 Å². The minimum atomic E-state index is -0.969. The predicted octanol–water partition coefficient (Wildman–Crippen LogP) is 1.44. The summed E-state index contributed by atoms with van der Waals surface area (Å²) in [5.41, 5.74) is 1.68. The number of aliphatic carboxylic acids is 1. The van der Waals surface area contributed by atoms with Crippen LogP contribution in [0.25, 0.3) is 0 Å². The summed E-state index contributed by atoms with van der Waals surface area (Å²) in [5.74, 6) is -0.374. The van der Waals surface area contributed by atoms with Gasteiger partial charge in [0.15, 0.2) is 0 Å². The van der Waals surface area contributed by atoms with Crippen molar-refractivity contribution in [1.29, 1.82) is 0 Å². The Bertz CT molecular complexity index is 396. The molecule has 0 atom stereocenters.